The van der Waals surface area contributed by atoms with Gasteiger partial charge in [-0.15, -0.1) is 0 Å². The summed E-state index contributed by atoms with van der Waals surface area (Å²) in [6, 6.07) is 0. The van der Waals surface area contributed by atoms with E-state index in [-0.39, 0.29) is 0 Å². The number of hydrogen-bond donors (Lipinski definition) is 2. The van der Waals surface area contributed by atoms with Crippen molar-refractivity contribution < 1.29 is 10.2 Å². The van der Waals surface area contributed by atoms with Crippen LogP contribution in [0.3, 0.4) is 0 Å². The fraction of sp³-hybridized carbons (Fsp3) is 1.00. The minimum absolute atomic E-state index is 0.560. The van der Waals surface area contributed by atoms with Crippen LogP contribution >= 0.6 is 0 Å². The average Bonchev–Trinajstić information content (AvgIpc) is 2.92. The van der Waals surface area contributed by atoms with Crippen LogP contribution in [0.2, 0.25) is 0 Å². The molecule has 0 unspecified atom stereocenters. The van der Waals surface area contributed by atoms with Gasteiger partial charge in [0.1, 0.15) is 0 Å². The number of aliphatic hydroxyl groups is 2. The number of hydrogen-bond acceptors (Lipinski definition) is 2. The molecule has 2 heteroatoms. The van der Waals surface area contributed by atoms with Crippen LogP contribution in [-0.2, 0) is 0 Å². The summed E-state index contributed by atoms with van der Waals surface area (Å²) in [6.07, 6.45) is 44.5. The lowest BCUT2D eigenvalue weighted by Crippen LogP contribution is -2.27. The van der Waals surface area contributed by atoms with Gasteiger partial charge in [-0.1, -0.05) is 206 Å². The first-order valence-electron chi connectivity index (χ1n) is 18.6. The summed E-state index contributed by atoms with van der Waals surface area (Å²) in [7, 11) is 0. The van der Waals surface area contributed by atoms with Crippen LogP contribution in [0.5, 0.6) is 0 Å². The van der Waals surface area contributed by atoms with Gasteiger partial charge in [-0.25, -0.2) is 0 Å². The molecule has 0 radical (unpaired) electrons. The monoisotopic (exact) mass is 553 g/mol. The van der Waals surface area contributed by atoms with Crippen LogP contribution in [0.1, 0.15) is 232 Å². The Morgan fingerprint density at radius 1 is 0.256 bits per heavy atom. The van der Waals surface area contributed by atoms with Crippen LogP contribution in [0.15, 0.2) is 0 Å². The third-order valence-corrected chi connectivity index (χ3v) is 8.86. The highest BCUT2D eigenvalue weighted by molar-refractivity contribution is 4.65. The SMILES string of the molecule is CCCCCCCCCCCCCCCCCCC(O)(O)CCCCCCCCCCCCCCCCCC. The lowest BCUT2D eigenvalue weighted by molar-refractivity contribution is -0.172. The third-order valence-electron chi connectivity index (χ3n) is 8.86. The highest BCUT2D eigenvalue weighted by Crippen LogP contribution is 2.21. The van der Waals surface area contributed by atoms with Crippen molar-refractivity contribution in [3.63, 3.8) is 0 Å². The minimum atomic E-state index is -1.42. The van der Waals surface area contributed by atoms with Gasteiger partial charge in [0.15, 0.2) is 5.79 Å². The molecule has 0 aromatic carbocycles. The van der Waals surface area contributed by atoms with Crippen molar-refractivity contribution in [2.45, 2.75) is 238 Å². The molecule has 39 heavy (non-hydrogen) atoms. The van der Waals surface area contributed by atoms with Crippen LogP contribution in [0.4, 0.5) is 0 Å². The predicted molar refractivity (Wildman–Crippen MR) is 175 cm³/mol. The first-order valence-corrected chi connectivity index (χ1v) is 18.6. The molecule has 0 aromatic rings. The van der Waals surface area contributed by atoms with Gasteiger partial charge in [0.05, 0.1) is 0 Å². The predicted octanol–water partition coefficient (Wildman–Crippen LogP) is 13.0. The highest BCUT2D eigenvalue weighted by Gasteiger charge is 2.21. The minimum Gasteiger partial charge on any atom is -0.366 e. The third kappa shape index (κ3) is 34.0. The Bertz CT molecular complexity index is 395. The van der Waals surface area contributed by atoms with Crippen molar-refractivity contribution >= 4 is 0 Å². The number of unbranched alkanes of at least 4 members (excludes halogenated alkanes) is 30. The number of rotatable bonds is 34. The summed E-state index contributed by atoms with van der Waals surface area (Å²) in [5.41, 5.74) is 0. The second-order valence-electron chi connectivity index (χ2n) is 13.1. The first kappa shape index (κ1) is 38.9. The van der Waals surface area contributed by atoms with E-state index in [0.29, 0.717) is 12.8 Å². The van der Waals surface area contributed by atoms with E-state index in [9.17, 15) is 10.2 Å². The summed E-state index contributed by atoms with van der Waals surface area (Å²) in [5, 5.41) is 20.6. The van der Waals surface area contributed by atoms with E-state index in [4.69, 9.17) is 0 Å². The largest absolute Gasteiger partial charge is 0.366 e. The van der Waals surface area contributed by atoms with Crippen molar-refractivity contribution in [3.8, 4) is 0 Å². The average molecular weight is 553 g/mol. The molecule has 0 amide bonds. The maximum Gasteiger partial charge on any atom is 0.162 e. The first-order chi connectivity index (χ1) is 19.1. The molecule has 0 atom stereocenters. The molecule has 236 valence electrons. The summed E-state index contributed by atoms with van der Waals surface area (Å²) in [6.45, 7) is 4.58. The van der Waals surface area contributed by atoms with E-state index < -0.39 is 5.79 Å². The van der Waals surface area contributed by atoms with E-state index in [1.165, 1.54) is 180 Å². The molecular formula is C37H76O2. The molecular weight excluding hydrogens is 476 g/mol. The zero-order chi connectivity index (χ0) is 28.5. The molecule has 0 aliphatic rings. The molecule has 0 spiro atoms. The molecule has 0 saturated carbocycles. The Hall–Kier alpha value is -0.0800. The van der Waals surface area contributed by atoms with E-state index in [0.717, 1.165) is 25.7 Å². The Balaban J connectivity index is 3.26. The maximum absolute atomic E-state index is 10.3. The fourth-order valence-electron chi connectivity index (χ4n) is 6.04. The Kier molecular flexibility index (Phi) is 32.4. The summed E-state index contributed by atoms with van der Waals surface area (Å²) >= 11 is 0. The Morgan fingerprint density at radius 2 is 0.410 bits per heavy atom. The summed E-state index contributed by atoms with van der Waals surface area (Å²) < 4.78 is 0. The Labute approximate surface area is 247 Å². The molecule has 2 nitrogen and oxygen atoms in total. The normalized spacial score (nSPS) is 12.0. The van der Waals surface area contributed by atoms with E-state index in [2.05, 4.69) is 13.8 Å². The van der Waals surface area contributed by atoms with Crippen LogP contribution in [0.25, 0.3) is 0 Å². The van der Waals surface area contributed by atoms with Gasteiger partial charge in [-0.05, 0) is 12.8 Å². The van der Waals surface area contributed by atoms with E-state index in [1.54, 1.807) is 0 Å². The zero-order valence-electron chi connectivity index (χ0n) is 27.4. The van der Waals surface area contributed by atoms with Crippen molar-refractivity contribution in [2.75, 3.05) is 0 Å². The lowest BCUT2D eigenvalue weighted by Gasteiger charge is -2.21. The molecule has 2 N–H and O–H groups in total. The van der Waals surface area contributed by atoms with Crippen molar-refractivity contribution in [3.05, 3.63) is 0 Å². The quantitative estimate of drug-likeness (QED) is 0.0615. The topological polar surface area (TPSA) is 40.5 Å². The van der Waals surface area contributed by atoms with E-state index >= 15 is 0 Å². The smallest absolute Gasteiger partial charge is 0.162 e. The van der Waals surface area contributed by atoms with Gasteiger partial charge in [0.2, 0.25) is 0 Å². The highest BCUT2D eigenvalue weighted by atomic mass is 16.5. The van der Waals surface area contributed by atoms with Gasteiger partial charge >= 0.3 is 0 Å². The van der Waals surface area contributed by atoms with Crippen LogP contribution in [-0.4, -0.2) is 16.0 Å². The molecule has 0 bridgehead atoms. The van der Waals surface area contributed by atoms with Gasteiger partial charge in [0.25, 0.3) is 0 Å². The van der Waals surface area contributed by atoms with E-state index in [1.807, 2.05) is 0 Å². The summed E-state index contributed by atoms with van der Waals surface area (Å²) in [4.78, 5) is 0. The summed E-state index contributed by atoms with van der Waals surface area (Å²) in [5.74, 6) is -1.42. The van der Waals surface area contributed by atoms with Crippen LogP contribution in [0, 0.1) is 0 Å². The molecule has 0 fully saturated rings. The zero-order valence-corrected chi connectivity index (χ0v) is 27.4. The fourth-order valence-corrected chi connectivity index (χ4v) is 6.04. The van der Waals surface area contributed by atoms with Gasteiger partial charge in [0, 0.05) is 12.8 Å². The van der Waals surface area contributed by atoms with Crippen molar-refractivity contribution in [1.82, 2.24) is 0 Å². The molecule has 0 saturated heterocycles. The second kappa shape index (κ2) is 32.4. The van der Waals surface area contributed by atoms with Gasteiger partial charge < -0.3 is 10.2 Å². The standard InChI is InChI=1S/C37H76O2/c1-3-5-7-9-11-13-15-17-19-21-23-25-27-29-31-33-35-37(38,39)36-34-32-30-28-26-24-22-20-18-16-14-12-10-8-6-4-2/h38-39H,3-36H2,1-2H3. The van der Waals surface area contributed by atoms with Gasteiger partial charge in [-0.2, -0.15) is 0 Å². The maximum atomic E-state index is 10.3. The van der Waals surface area contributed by atoms with Gasteiger partial charge in [-0.3, -0.25) is 0 Å². The molecule has 0 aliphatic carbocycles. The molecule has 0 aliphatic heterocycles. The molecule has 0 heterocycles. The Morgan fingerprint density at radius 3 is 0.590 bits per heavy atom. The molecule has 0 rings (SSSR count). The lowest BCUT2D eigenvalue weighted by atomic mass is 9.98. The second-order valence-corrected chi connectivity index (χ2v) is 13.1. The van der Waals surface area contributed by atoms with Crippen molar-refractivity contribution in [2.24, 2.45) is 0 Å². The molecule has 0 aromatic heterocycles. The van der Waals surface area contributed by atoms with Crippen molar-refractivity contribution in [1.29, 1.82) is 0 Å². The van der Waals surface area contributed by atoms with Crippen LogP contribution < -0.4 is 0 Å².